The summed E-state index contributed by atoms with van der Waals surface area (Å²) in [7, 11) is 0. The topological polar surface area (TPSA) is 49.4 Å². The lowest BCUT2D eigenvalue weighted by Gasteiger charge is -2.22. The smallest absolute Gasteiger partial charge is 0.251 e. The molecule has 0 unspecified atom stereocenters. The number of fused-ring (bicyclic) bond motifs is 1. The second-order valence-corrected chi connectivity index (χ2v) is 9.15. The Morgan fingerprint density at radius 1 is 0.941 bits per heavy atom. The van der Waals surface area contributed by atoms with E-state index in [4.69, 9.17) is 0 Å². The molecule has 4 nitrogen and oxygen atoms in total. The quantitative estimate of drug-likeness (QED) is 0.542. The van der Waals surface area contributed by atoms with Gasteiger partial charge in [-0.25, -0.2) is 13.2 Å². The average molecular weight is 467 g/mol. The van der Waals surface area contributed by atoms with Crippen molar-refractivity contribution in [2.75, 3.05) is 4.90 Å². The maximum atomic E-state index is 13.9. The van der Waals surface area contributed by atoms with E-state index in [1.807, 2.05) is 45.9 Å². The third-order valence-corrected chi connectivity index (χ3v) is 6.50. The highest BCUT2D eigenvalue weighted by Gasteiger charge is 2.44. The zero-order valence-electron chi connectivity index (χ0n) is 19.4. The van der Waals surface area contributed by atoms with Crippen LogP contribution in [0.15, 0.2) is 48.5 Å². The Hall–Kier alpha value is -3.61. The van der Waals surface area contributed by atoms with Crippen LogP contribution < -0.4 is 10.2 Å². The van der Waals surface area contributed by atoms with Gasteiger partial charge in [-0.15, -0.1) is 0 Å². The van der Waals surface area contributed by atoms with E-state index >= 15 is 0 Å². The number of aryl methyl sites for hydroxylation is 2. The van der Waals surface area contributed by atoms with Gasteiger partial charge in [-0.1, -0.05) is 24.3 Å². The van der Waals surface area contributed by atoms with Gasteiger partial charge in [0.1, 0.15) is 17.5 Å². The second kappa shape index (κ2) is 8.63. The molecule has 0 radical (unpaired) electrons. The van der Waals surface area contributed by atoms with Gasteiger partial charge in [0.2, 0.25) is 5.91 Å². The molecule has 0 saturated heterocycles. The Morgan fingerprint density at radius 2 is 1.56 bits per heavy atom. The van der Waals surface area contributed by atoms with E-state index in [9.17, 15) is 22.8 Å². The van der Waals surface area contributed by atoms with Gasteiger partial charge in [-0.2, -0.15) is 0 Å². The van der Waals surface area contributed by atoms with Crippen molar-refractivity contribution < 1.29 is 22.8 Å². The molecule has 1 aliphatic heterocycles. The molecule has 1 aliphatic rings. The van der Waals surface area contributed by atoms with Crippen LogP contribution in [0.2, 0.25) is 0 Å². The molecule has 34 heavy (non-hydrogen) atoms. The fraction of sp³-hybridized carbons (Fsp3) is 0.259. The van der Waals surface area contributed by atoms with E-state index in [0.29, 0.717) is 24.4 Å². The monoisotopic (exact) mass is 466 g/mol. The molecule has 4 rings (SSSR count). The van der Waals surface area contributed by atoms with Crippen LogP contribution in [0.25, 0.3) is 0 Å². The van der Waals surface area contributed by atoms with Gasteiger partial charge in [0, 0.05) is 35.5 Å². The lowest BCUT2D eigenvalue weighted by Crippen LogP contribution is -2.36. The summed E-state index contributed by atoms with van der Waals surface area (Å²) in [6.45, 7) is 7.60. The van der Waals surface area contributed by atoms with Gasteiger partial charge in [0.05, 0.1) is 12.0 Å². The molecule has 7 heteroatoms. The molecule has 0 aromatic heterocycles. The first-order valence-electron chi connectivity index (χ1n) is 10.9. The van der Waals surface area contributed by atoms with Gasteiger partial charge in [0.15, 0.2) is 0 Å². The average Bonchev–Trinajstić information content (AvgIpc) is 2.95. The Bertz CT molecular complexity index is 1270. The molecule has 2 amide bonds. The maximum absolute atomic E-state index is 13.9. The van der Waals surface area contributed by atoms with Crippen LogP contribution in [-0.2, 0) is 23.3 Å². The third kappa shape index (κ3) is 4.06. The molecular weight excluding hydrogens is 441 g/mol. The summed E-state index contributed by atoms with van der Waals surface area (Å²) in [5, 5.41) is 2.48. The fourth-order valence-corrected chi connectivity index (χ4v) is 4.41. The Morgan fingerprint density at radius 3 is 2.18 bits per heavy atom. The number of hydrogen-bond acceptors (Lipinski definition) is 2. The summed E-state index contributed by atoms with van der Waals surface area (Å²) in [5.74, 6) is -3.80. The van der Waals surface area contributed by atoms with Crippen molar-refractivity contribution in [3.05, 3.63) is 99.4 Å². The van der Waals surface area contributed by atoms with E-state index < -0.39 is 40.9 Å². The summed E-state index contributed by atoms with van der Waals surface area (Å²) in [6, 6.07) is 12.0. The SMILES string of the molecule is Cc1cccc(C)c1CN1C(=O)C(C)(C)c2ccc(C(=O)NCc3c(F)cc(F)cc3F)cc21. The molecule has 176 valence electrons. The minimum atomic E-state index is -1.07. The molecule has 0 spiro atoms. The van der Waals surface area contributed by atoms with Crippen LogP contribution in [0.3, 0.4) is 0 Å². The second-order valence-electron chi connectivity index (χ2n) is 9.15. The number of benzene rings is 3. The molecule has 0 aliphatic carbocycles. The van der Waals surface area contributed by atoms with Crippen molar-refractivity contribution >= 4 is 17.5 Å². The highest BCUT2D eigenvalue weighted by atomic mass is 19.1. The lowest BCUT2D eigenvalue weighted by atomic mass is 9.86. The number of nitrogens with zero attached hydrogens (tertiary/aromatic N) is 1. The number of rotatable bonds is 5. The maximum Gasteiger partial charge on any atom is 0.251 e. The van der Waals surface area contributed by atoms with Gasteiger partial charge in [-0.05, 0) is 62.1 Å². The van der Waals surface area contributed by atoms with E-state index in [-0.39, 0.29) is 11.5 Å². The van der Waals surface area contributed by atoms with Crippen molar-refractivity contribution in [1.82, 2.24) is 5.32 Å². The minimum Gasteiger partial charge on any atom is -0.348 e. The molecule has 3 aromatic rings. The van der Waals surface area contributed by atoms with Gasteiger partial charge in [-0.3, -0.25) is 9.59 Å². The molecule has 1 N–H and O–H groups in total. The molecular formula is C27H25F3N2O2. The summed E-state index contributed by atoms with van der Waals surface area (Å²) in [6.07, 6.45) is 0. The molecule has 0 bridgehead atoms. The normalized spacial score (nSPS) is 14.3. The number of halogens is 3. The summed E-state index contributed by atoms with van der Waals surface area (Å²) >= 11 is 0. The van der Waals surface area contributed by atoms with E-state index in [1.54, 1.807) is 23.1 Å². The first kappa shape index (κ1) is 23.5. The predicted molar refractivity (Wildman–Crippen MR) is 124 cm³/mol. The van der Waals surface area contributed by atoms with E-state index in [1.165, 1.54) is 0 Å². The first-order chi connectivity index (χ1) is 16.0. The number of hydrogen-bond donors (Lipinski definition) is 1. The highest BCUT2D eigenvalue weighted by molar-refractivity contribution is 6.09. The summed E-state index contributed by atoms with van der Waals surface area (Å²) in [5.41, 5.74) is 3.66. The fourth-order valence-electron chi connectivity index (χ4n) is 4.41. The van der Waals surface area contributed by atoms with Gasteiger partial charge in [0.25, 0.3) is 5.91 Å². The molecule has 3 aromatic carbocycles. The van der Waals surface area contributed by atoms with Crippen molar-refractivity contribution in [2.45, 2.75) is 46.2 Å². The Kier molecular flexibility index (Phi) is 5.98. The molecule has 0 saturated carbocycles. The first-order valence-corrected chi connectivity index (χ1v) is 10.9. The standard InChI is InChI=1S/C27H25F3N2O2/c1-15-6-5-7-16(2)20(15)14-32-24-10-17(8-9-21(24)27(3,4)26(32)34)25(33)31-13-19-22(29)11-18(28)12-23(19)30/h5-12H,13-14H2,1-4H3,(H,31,33). The minimum absolute atomic E-state index is 0.0711. The van der Waals surface area contributed by atoms with Crippen LogP contribution >= 0.6 is 0 Å². The van der Waals surface area contributed by atoms with Gasteiger partial charge >= 0.3 is 0 Å². The van der Waals surface area contributed by atoms with Crippen molar-refractivity contribution in [3.63, 3.8) is 0 Å². The molecule has 0 atom stereocenters. The van der Waals surface area contributed by atoms with E-state index in [0.717, 1.165) is 22.3 Å². The molecule has 1 heterocycles. The number of nitrogens with one attached hydrogen (secondary N) is 1. The van der Waals surface area contributed by atoms with Crippen LogP contribution in [0, 0.1) is 31.3 Å². The number of carbonyl (C=O) groups excluding carboxylic acids is 2. The molecule has 0 fully saturated rings. The van der Waals surface area contributed by atoms with Crippen molar-refractivity contribution in [1.29, 1.82) is 0 Å². The summed E-state index contributed by atoms with van der Waals surface area (Å²) < 4.78 is 41.0. The van der Waals surface area contributed by atoms with Crippen molar-refractivity contribution in [2.24, 2.45) is 0 Å². The highest BCUT2D eigenvalue weighted by Crippen LogP contribution is 2.43. The van der Waals surface area contributed by atoms with E-state index in [2.05, 4.69) is 5.32 Å². The number of amides is 2. The van der Waals surface area contributed by atoms with Crippen LogP contribution in [-0.4, -0.2) is 11.8 Å². The zero-order valence-corrected chi connectivity index (χ0v) is 19.4. The third-order valence-electron chi connectivity index (χ3n) is 6.50. The van der Waals surface area contributed by atoms with Crippen LogP contribution in [0.1, 0.15) is 52.0 Å². The van der Waals surface area contributed by atoms with Crippen molar-refractivity contribution in [3.8, 4) is 0 Å². The lowest BCUT2D eigenvalue weighted by molar-refractivity contribution is -0.122. The van der Waals surface area contributed by atoms with Crippen LogP contribution in [0.5, 0.6) is 0 Å². The zero-order chi connectivity index (χ0) is 24.8. The van der Waals surface area contributed by atoms with Gasteiger partial charge < -0.3 is 10.2 Å². The Labute approximate surface area is 196 Å². The van der Waals surface area contributed by atoms with Crippen LogP contribution in [0.4, 0.5) is 18.9 Å². The largest absolute Gasteiger partial charge is 0.348 e. The number of carbonyl (C=O) groups is 2. The Balaban J connectivity index is 1.63. The summed E-state index contributed by atoms with van der Waals surface area (Å²) in [4.78, 5) is 27.8. The predicted octanol–water partition coefficient (Wildman–Crippen LogP) is 5.48. The number of anilines is 1.